The normalized spacial score (nSPS) is 12.1. The number of rotatable bonds is 4. The Labute approximate surface area is 112 Å². The number of thioether (sulfide) groups is 1. The lowest BCUT2D eigenvalue weighted by Gasteiger charge is -2.10. The van der Waals surface area contributed by atoms with Gasteiger partial charge in [-0.15, -0.1) is 10.2 Å². The largest absolute Gasteiger partial charge is 0.325 e. The van der Waals surface area contributed by atoms with Gasteiger partial charge in [-0.1, -0.05) is 29.2 Å². The number of carbonyl (C=O) groups excluding carboxylic acids is 1. The molecule has 2 aromatic rings. The van der Waals surface area contributed by atoms with Gasteiger partial charge >= 0.3 is 0 Å². The summed E-state index contributed by atoms with van der Waals surface area (Å²) in [7, 11) is 0. The van der Waals surface area contributed by atoms with E-state index in [2.05, 4.69) is 15.5 Å². The Morgan fingerprint density at radius 3 is 3.06 bits per heavy atom. The van der Waals surface area contributed by atoms with Gasteiger partial charge in [0.25, 0.3) is 0 Å². The van der Waals surface area contributed by atoms with E-state index >= 15 is 0 Å². The number of halogens is 1. The first-order chi connectivity index (χ1) is 8.65. The molecule has 1 heterocycles. The Bertz CT molecular complexity index is 533. The van der Waals surface area contributed by atoms with Crippen molar-refractivity contribution < 1.29 is 9.18 Å². The predicted molar refractivity (Wildman–Crippen MR) is 70.3 cm³/mol. The number of anilines is 1. The molecule has 1 N–H and O–H groups in total. The van der Waals surface area contributed by atoms with Gasteiger partial charge in [-0.2, -0.15) is 0 Å². The highest BCUT2D eigenvalue weighted by molar-refractivity contribution is 8.02. The maximum atomic E-state index is 13.0. The van der Waals surface area contributed by atoms with Crippen LogP contribution < -0.4 is 5.32 Å². The fraction of sp³-hybridized carbons (Fsp3) is 0.182. The van der Waals surface area contributed by atoms with Crippen LogP contribution >= 0.6 is 23.1 Å². The number of benzene rings is 1. The van der Waals surface area contributed by atoms with Gasteiger partial charge in [-0.25, -0.2) is 4.39 Å². The van der Waals surface area contributed by atoms with Crippen molar-refractivity contribution in [2.45, 2.75) is 16.5 Å². The maximum absolute atomic E-state index is 13.0. The molecule has 2 rings (SSSR count). The lowest BCUT2D eigenvalue weighted by atomic mass is 10.3. The van der Waals surface area contributed by atoms with Crippen LogP contribution in [-0.4, -0.2) is 21.4 Å². The first-order valence-electron chi connectivity index (χ1n) is 5.14. The minimum atomic E-state index is -0.378. The zero-order valence-electron chi connectivity index (χ0n) is 9.46. The molecule has 0 bridgehead atoms. The summed E-state index contributed by atoms with van der Waals surface area (Å²) >= 11 is 2.70. The number of nitrogens with zero attached hydrogens (tertiary/aromatic N) is 2. The minimum absolute atomic E-state index is 0.194. The molecule has 0 saturated heterocycles. The first-order valence-corrected chi connectivity index (χ1v) is 6.90. The SMILES string of the molecule is C[C@H](Sc1nncs1)C(=O)Nc1cccc(F)c1. The highest BCUT2D eigenvalue weighted by Crippen LogP contribution is 2.25. The zero-order valence-corrected chi connectivity index (χ0v) is 11.1. The van der Waals surface area contributed by atoms with E-state index in [0.717, 1.165) is 4.34 Å². The summed E-state index contributed by atoms with van der Waals surface area (Å²) in [6.07, 6.45) is 0. The highest BCUT2D eigenvalue weighted by atomic mass is 32.2. The van der Waals surface area contributed by atoms with Crippen LogP contribution in [0.2, 0.25) is 0 Å². The second-order valence-corrected chi connectivity index (χ2v) is 5.89. The Morgan fingerprint density at radius 1 is 1.56 bits per heavy atom. The molecule has 1 aromatic heterocycles. The van der Waals surface area contributed by atoms with Crippen LogP contribution in [-0.2, 0) is 4.79 Å². The number of nitrogens with one attached hydrogen (secondary N) is 1. The Kier molecular flexibility index (Phi) is 4.27. The van der Waals surface area contributed by atoms with Crippen molar-refractivity contribution in [1.82, 2.24) is 10.2 Å². The first kappa shape index (κ1) is 13.0. The van der Waals surface area contributed by atoms with E-state index in [0.29, 0.717) is 5.69 Å². The summed E-state index contributed by atoms with van der Waals surface area (Å²) < 4.78 is 13.7. The van der Waals surface area contributed by atoms with E-state index in [4.69, 9.17) is 0 Å². The molecule has 94 valence electrons. The van der Waals surface area contributed by atoms with Gasteiger partial charge in [0.2, 0.25) is 5.91 Å². The van der Waals surface area contributed by atoms with E-state index in [9.17, 15) is 9.18 Å². The summed E-state index contributed by atoms with van der Waals surface area (Å²) in [6, 6.07) is 5.80. The zero-order chi connectivity index (χ0) is 13.0. The van der Waals surface area contributed by atoms with Gasteiger partial charge in [0, 0.05) is 5.69 Å². The molecule has 0 fully saturated rings. The summed E-state index contributed by atoms with van der Waals surface area (Å²) in [4.78, 5) is 11.9. The van der Waals surface area contributed by atoms with Crippen molar-refractivity contribution in [3.63, 3.8) is 0 Å². The van der Waals surface area contributed by atoms with Crippen molar-refractivity contribution >= 4 is 34.7 Å². The molecule has 0 unspecified atom stereocenters. The number of carbonyl (C=O) groups is 1. The third-order valence-electron chi connectivity index (χ3n) is 2.08. The molecule has 1 atom stereocenters. The maximum Gasteiger partial charge on any atom is 0.237 e. The molecule has 0 spiro atoms. The lowest BCUT2D eigenvalue weighted by Crippen LogP contribution is -2.22. The quantitative estimate of drug-likeness (QED) is 0.877. The van der Waals surface area contributed by atoms with E-state index in [1.54, 1.807) is 24.6 Å². The van der Waals surface area contributed by atoms with Crippen molar-refractivity contribution in [1.29, 1.82) is 0 Å². The number of aromatic nitrogens is 2. The molecule has 18 heavy (non-hydrogen) atoms. The summed E-state index contributed by atoms with van der Waals surface area (Å²) in [6.45, 7) is 1.76. The van der Waals surface area contributed by atoms with Crippen molar-refractivity contribution in [2.75, 3.05) is 5.32 Å². The third kappa shape index (κ3) is 3.51. The Morgan fingerprint density at radius 2 is 2.39 bits per heavy atom. The molecule has 1 amide bonds. The Balaban J connectivity index is 1.95. The second-order valence-electron chi connectivity index (χ2n) is 3.46. The van der Waals surface area contributed by atoms with Crippen LogP contribution in [0.4, 0.5) is 10.1 Å². The number of hydrogen-bond donors (Lipinski definition) is 1. The van der Waals surface area contributed by atoms with Gasteiger partial charge in [0.15, 0.2) is 4.34 Å². The summed E-state index contributed by atoms with van der Waals surface area (Å²) in [5.41, 5.74) is 2.06. The fourth-order valence-corrected chi connectivity index (χ4v) is 2.85. The smallest absolute Gasteiger partial charge is 0.237 e. The molecule has 0 saturated carbocycles. The Hall–Kier alpha value is -1.47. The molecule has 0 aliphatic heterocycles. The predicted octanol–water partition coefficient (Wildman–Crippen LogP) is 2.80. The summed E-state index contributed by atoms with van der Waals surface area (Å²) in [5.74, 6) is -0.571. The van der Waals surface area contributed by atoms with Gasteiger partial charge in [-0.3, -0.25) is 4.79 Å². The van der Waals surface area contributed by atoms with Crippen molar-refractivity contribution in [2.24, 2.45) is 0 Å². The van der Waals surface area contributed by atoms with Gasteiger partial charge in [-0.05, 0) is 25.1 Å². The monoisotopic (exact) mass is 283 g/mol. The van der Waals surface area contributed by atoms with Gasteiger partial charge in [0.1, 0.15) is 11.3 Å². The van der Waals surface area contributed by atoms with Crippen molar-refractivity contribution in [3.05, 3.63) is 35.6 Å². The van der Waals surface area contributed by atoms with Crippen LogP contribution in [0.1, 0.15) is 6.92 Å². The van der Waals surface area contributed by atoms with Crippen LogP contribution in [0.3, 0.4) is 0 Å². The lowest BCUT2D eigenvalue weighted by molar-refractivity contribution is -0.115. The highest BCUT2D eigenvalue weighted by Gasteiger charge is 2.16. The van der Waals surface area contributed by atoms with Crippen LogP contribution in [0.15, 0.2) is 34.1 Å². The molecule has 0 aliphatic carbocycles. The molecular weight excluding hydrogens is 273 g/mol. The van der Waals surface area contributed by atoms with Crippen LogP contribution in [0.5, 0.6) is 0 Å². The van der Waals surface area contributed by atoms with E-state index in [1.807, 2.05) is 0 Å². The average molecular weight is 283 g/mol. The number of hydrogen-bond acceptors (Lipinski definition) is 5. The fourth-order valence-electron chi connectivity index (χ4n) is 1.23. The summed E-state index contributed by atoms with van der Waals surface area (Å²) in [5, 5.41) is 9.88. The molecule has 0 aliphatic rings. The molecule has 4 nitrogen and oxygen atoms in total. The third-order valence-corrected chi connectivity index (χ3v) is 3.99. The molecule has 7 heteroatoms. The van der Waals surface area contributed by atoms with E-state index in [1.165, 1.54) is 35.2 Å². The van der Waals surface area contributed by atoms with E-state index < -0.39 is 0 Å². The van der Waals surface area contributed by atoms with Crippen LogP contribution in [0.25, 0.3) is 0 Å². The topological polar surface area (TPSA) is 54.9 Å². The molecule has 0 radical (unpaired) electrons. The van der Waals surface area contributed by atoms with Gasteiger partial charge < -0.3 is 5.32 Å². The van der Waals surface area contributed by atoms with E-state index in [-0.39, 0.29) is 17.0 Å². The molecule has 1 aromatic carbocycles. The standard InChI is InChI=1S/C11H10FN3OS2/c1-7(18-11-15-13-6-17-11)10(16)14-9-4-2-3-8(12)5-9/h2-7H,1H3,(H,14,16)/t7-/m0/s1. The van der Waals surface area contributed by atoms with Crippen molar-refractivity contribution in [3.8, 4) is 0 Å². The molecular formula is C11H10FN3OS2. The number of amides is 1. The second kappa shape index (κ2) is 5.92. The van der Waals surface area contributed by atoms with Gasteiger partial charge in [0.05, 0.1) is 5.25 Å². The average Bonchev–Trinajstić information content (AvgIpc) is 2.81. The van der Waals surface area contributed by atoms with Crippen LogP contribution in [0, 0.1) is 5.82 Å². The minimum Gasteiger partial charge on any atom is -0.325 e.